The number of phenols is 1. The zero-order valence-corrected chi connectivity index (χ0v) is 20.4. The number of aliphatic hydroxyl groups excluding tert-OH is 3. The number of fused-ring (bicyclic) bond motifs is 3. The molecule has 0 bridgehead atoms. The van der Waals surface area contributed by atoms with E-state index in [1.807, 2.05) is 0 Å². The Balaban J connectivity index is 2.07. The van der Waals surface area contributed by atoms with Crippen molar-refractivity contribution < 1.29 is 39.9 Å². The average molecular weight is 491 g/mol. The number of carbonyl (C=O) groups is 3. The second-order valence-electron chi connectivity index (χ2n) is 11.3. The molecule has 1 amide bonds. The smallest absolute Gasteiger partial charge is 0.230 e. The van der Waals surface area contributed by atoms with Gasteiger partial charge in [0.15, 0.2) is 17.2 Å². The van der Waals surface area contributed by atoms with E-state index in [1.54, 1.807) is 27.7 Å². The summed E-state index contributed by atoms with van der Waals surface area (Å²) in [6.45, 7) is 8.04. The lowest BCUT2D eigenvalue weighted by molar-refractivity contribution is -0.306. The van der Waals surface area contributed by atoms with Gasteiger partial charge in [0.05, 0.1) is 23.7 Å². The van der Waals surface area contributed by atoms with Crippen molar-refractivity contribution in [3.05, 3.63) is 23.3 Å². The number of nitrogens with two attached hydrogens (primary N) is 2. The van der Waals surface area contributed by atoms with Crippen molar-refractivity contribution >= 4 is 23.2 Å². The lowest BCUT2D eigenvalue weighted by Crippen LogP contribution is -2.83. The number of benzene rings is 1. The maximum atomic E-state index is 13.8. The number of phenolic OH excluding ortho intramolecular Hbond substituents is 1. The van der Waals surface area contributed by atoms with Crippen molar-refractivity contribution in [3.63, 3.8) is 0 Å². The number of carbonyl (C=O) groups excluding carboxylic acids is 3. The third kappa shape index (κ3) is 2.65. The van der Waals surface area contributed by atoms with Gasteiger partial charge in [-0.15, -0.1) is 0 Å². The van der Waals surface area contributed by atoms with E-state index in [4.69, 9.17) is 11.5 Å². The van der Waals surface area contributed by atoms with Gasteiger partial charge < -0.3 is 37.0 Å². The van der Waals surface area contributed by atoms with E-state index in [9.17, 15) is 39.9 Å². The first-order chi connectivity index (χ1) is 16.0. The van der Waals surface area contributed by atoms with Crippen LogP contribution < -0.4 is 11.5 Å². The van der Waals surface area contributed by atoms with Crippen LogP contribution in [0.5, 0.6) is 5.75 Å². The first-order valence-corrected chi connectivity index (χ1v) is 11.8. The molecule has 0 aromatic heterocycles. The predicted molar refractivity (Wildman–Crippen MR) is 124 cm³/mol. The summed E-state index contributed by atoms with van der Waals surface area (Å²) < 4.78 is 0. The third-order valence-electron chi connectivity index (χ3n) is 9.63. The number of nitrogen functional groups attached to an aromatic ring is 1. The quantitative estimate of drug-likeness (QED) is 0.165. The van der Waals surface area contributed by atoms with Crippen molar-refractivity contribution in [2.24, 2.45) is 40.2 Å². The molecule has 3 aliphatic carbocycles. The van der Waals surface area contributed by atoms with Crippen LogP contribution in [-0.2, 0) is 9.59 Å². The molecule has 4 rings (SSSR count). The number of hydrogen-bond donors (Lipinski definition) is 7. The van der Waals surface area contributed by atoms with E-state index in [2.05, 4.69) is 0 Å². The van der Waals surface area contributed by atoms with Crippen molar-refractivity contribution in [1.82, 2.24) is 0 Å². The highest BCUT2D eigenvalue weighted by molar-refractivity contribution is 6.09. The van der Waals surface area contributed by atoms with Gasteiger partial charge >= 0.3 is 0 Å². The van der Waals surface area contributed by atoms with Crippen LogP contribution in [0, 0.1) is 34.5 Å². The van der Waals surface area contributed by atoms with Crippen LogP contribution in [0.4, 0.5) is 5.69 Å². The fourth-order valence-corrected chi connectivity index (χ4v) is 7.86. The number of amides is 1. The van der Waals surface area contributed by atoms with Crippen LogP contribution in [0.15, 0.2) is 12.1 Å². The molecule has 0 heterocycles. The van der Waals surface area contributed by atoms with E-state index in [0.29, 0.717) is 5.56 Å². The molecular formula is C25H34N2O8. The van der Waals surface area contributed by atoms with Crippen LogP contribution in [0.25, 0.3) is 0 Å². The molecular weight excluding hydrogens is 456 g/mol. The SMILES string of the molecule is CC(C)[C@H]1C(O)[C@@H](C(N)=O)C(=O)[C@]2(O)C(O)[C@H]3C(=O)c4c(O)ccc(N)c4[C@@H](C)[C@]3(C)[C@@H](O)[C@]12C. The minimum absolute atomic E-state index is 0.145. The zero-order valence-electron chi connectivity index (χ0n) is 20.4. The summed E-state index contributed by atoms with van der Waals surface area (Å²) in [7, 11) is 0. The molecule has 10 heteroatoms. The molecule has 0 radical (unpaired) electrons. The van der Waals surface area contributed by atoms with E-state index in [0.717, 1.165) is 0 Å². The predicted octanol–water partition coefficient (Wildman–Crippen LogP) is -0.313. The number of aliphatic hydroxyl groups is 4. The number of primary amides is 1. The molecule has 3 aliphatic rings. The molecule has 10 nitrogen and oxygen atoms in total. The zero-order chi connectivity index (χ0) is 26.6. The summed E-state index contributed by atoms with van der Waals surface area (Å²) in [6.07, 6.45) is -5.33. The molecule has 0 spiro atoms. The lowest BCUT2D eigenvalue weighted by Gasteiger charge is -2.69. The second kappa shape index (κ2) is 7.49. The first-order valence-electron chi connectivity index (χ1n) is 11.8. The van der Waals surface area contributed by atoms with Gasteiger partial charge in [0.25, 0.3) is 0 Å². The van der Waals surface area contributed by atoms with E-state index < -0.39 is 81.8 Å². The van der Waals surface area contributed by atoms with Crippen LogP contribution in [-0.4, -0.2) is 66.9 Å². The third-order valence-corrected chi connectivity index (χ3v) is 9.63. The Morgan fingerprint density at radius 2 is 1.69 bits per heavy atom. The summed E-state index contributed by atoms with van der Waals surface area (Å²) in [4.78, 5) is 39.7. The normalized spacial score (nSPS) is 45.0. The van der Waals surface area contributed by atoms with Crippen molar-refractivity contribution in [2.75, 3.05) is 5.73 Å². The molecule has 2 saturated carbocycles. The van der Waals surface area contributed by atoms with E-state index in [-0.39, 0.29) is 17.0 Å². The van der Waals surface area contributed by atoms with Gasteiger partial charge in [0.2, 0.25) is 5.91 Å². The standard InChI is InChI=1S/C25H34N2O8/c1-8(2)15-18(30)14(21(27)33)19(31)25(35)20(32)16-17(29)13-11(28)7-6-10(26)12(13)9(3)23(16,4)22(34)24(15,25)5/h6-9,14-16,18,20,22,28,30,32,34-35H,26H2,1-5H3,(H2,27,33)/t9-,14-,15+,16-,18?,20?,22-,23+,24+,25+/m1/s1. The highest BCUT2D eigenvalue weighted by Crippen LogP contribution is 2.68. The van der Waals surface area contributed by atoms with Crippen molar-refractivity contribution in [2.45, 2.75) is 64.4 Å². The number of anilines is 1. The highest BCUT2D eigenvalue weighted by Gasteiger charge is 2.80. The minimum Gasteiger partial charge on any atom is -0.507 e. The Kier molecular flexibility index (Phi) is 5.47. The largest absolute Gasteiger partial charge is 0.507 e. The number of rotatable bonds is 2. The van der Waals surface area contributed by atoms with Gasteiger partial charge in [0, 0.05) is 16.5 Å². The number of Topliss-reactive ketones (excluding diaryl/α,β-unsaturated/α-hetero) is 2. The number of ketones is 2. The molecule has 0 saturated heterocycles. The molecule has 192 valence electrons. The second-order valence-corrected chi connectivity index (χ2v) is 11.3. The van der Waals surface area contributed by atoms with E-state index in [1.165, 1.54) is 19.1 Å². The number of aromatic hydroxyl groups is 1. The Morgan fingerprint density at radius 1 is 1.11 bits per heavy atom. The van der Waals surface area contributed by atoms with Crippen LogP contribution >= 0.6 is 0 Å². The summed E-state index contributed by atoms with van der Waals surface area (Å²) >= 11 is 0. The first kappa shape index (κ1) is 25.6. The maximum Gasteiger partial charge on any atom is 0.230 e. The summed E-state index contributed by atoms with van der Waals surface area (Å²) in [5.41, 5.74) is 5.82. The van der Waals surface area contributed by atoms with Gasteiger partial charge in [0.1, 0.15) is 17.8 Å². The van der Waals surface area contributed by atoms with Gasteiger partial charge in [-0.25, -0.2) is 0 Å². The Bertz CT molecular complexity index is 1140. The van der Waals surface area contributed by atoms with Crippen molar-refractivity contribution in [3.8, 4) is 5.75 Å². The van der Waals surface area contributed by atoms with Gasteiger partial charge in [-0.05, 0) is 35.4 Å². The van der Waals surface area contributed by atoms with E-state index >= 15 is 0 Å². The van der Waals surface area contributed by atoms with Crippen LogP contribution in [0.2, 0.25) is 0 Å². The Hall–Kier alpha value is -2.53. The Morgan fingerprint density at radius 3 is 2.20 bits per heavy atom. The minimum atomic E-state index is -2.80. The van der Waals surface area contributed by atoms with Crippen molar-refractivity contribution in [1.29, 1.82) is 0 Å². The monoisotopic (exact) mass is 490 g/mol. The molecule has 0 aliphatic heterocycles. The Labute approximate surface area is 202 Å². The summed E-state index contributed by atoms with van der Waals surface area (Å²) in [5, 5.41) is 57.4. The fraction of sp³-hybridized carbons (Fsp3) is 0.640. The number of hydrogen-bond acceptors (Lipinski definition) is 9. The van der Waals surface area contributed by atoms with Crippen LogP contribution in [0.3, 0.4) is 0 Å². The molecule has 9 N–H and O–H groups in total. The van der Waals surface area contributed by atoms with Crippen LogP contribution in [0.1, 0.15) is 56.5 Å². The molecule has 10 atom stereocenters. The molecule has 1 aromatic carbocycles. The average Bonchev–Trinajstić information content (AvgIpc) is 2.75. The van der Waals surface area contributed by atoms with Gasteiger partial charge in [-0.1, -0.05) is 34.6 Å². The highest BCUT2D eigenvalue weighted by atomic mass is 16.4. The topological polar surface area (TPSA) is 204 Å². The summed E-state index contributed by atoms with van der Waals surface area (Å²) in [5.74, 6) is -9.23. The van der Waals surface area contributed by atoms with Gasteiger partial charge in [-0.2, -0.15) is 0 Å². The lowest BCUT2D eigenvalue weighted by atomic mass is 9.36. The maximum absolute atomic E-state index is 13.8. The van der Waals surface area contributed by atoms with Gasteiger partial charge in [-0.3, -0.25) is 14.4 Å². The molecule has 1 aromatic rings. The molecule has 35 heavy (non-hydrogen) atoms. The molecule has 2 unspecified atom stereocenters. The molecule has 2 fully saturated rings. The summed E-state index contributed by atoms with van der Waals surface area (Å²) in [6, 6.07) is 2.68. The fourth-order valence-electron chi connectivity index (χ4n) is 7.86.